The van der Waals surface area contributed by atoms with E-state index in [4.69, 9.17) is 5.73 Å². The topological polar surface area (TPSA) is 58.4 Å². The van der Waals surface area contributed by atoms with Gasteiger partial charge in [0.2, 0.25) is 5.91 Å². The van der Waals surface area contributed by atoms with Crippen LogP contribution >= 0.6 is 0 Å². The van der Waals surface area contributed by atoms with E-state index in [9.17, 15) is 4.79 Å². The van der Waals surface area contributed by atoms with Crippen LogP contribution in [0.25, 0.3) is 0 Å². The van der Waals surface area contributed by atoms with Crippen molar-refractivity contribution in [3.63, 3.8) is 0 Å². The first-order valence-electron chi connectivity index (χ1n) is 8.90. The summed E-state index contributed by atoms with van der Waals surface area (Å²) in [6.45, 7) is 6.82. The van der Waals surface area contributed by atoms with E-state index in [0.717, 1.165) is 25.2 Å². The van der Waals surface area contributed by atoms with Gasteiger partial charge in [0, 0.05) is 24.8 Å². The number of nitrogens with one attached hydrogen (secondary N) is 1. The second-order valence-corrected chi connectivity index (χ2v) is 7.54. The summed E-state index contributed by atoms with van der Waals surface area (Å²) in [6.07, 6.45) is 3.65. The molecular weight excluding hydrogens is 286 g/mol. The summed E-state index contributed by atoms with van der Waals surface area (Å²) in [5.74, 6) is 1.87. The van der Waals surface area contributed by atoms with Gasteiger partial charge in [-0.3, -0.25) is 9.69 Å². The van der Waals surface area contributed by atoms with E-state index in [-0.39, 0.29) is 5.91 Å². The largest absolute Gasteiger partial charge is 0.327 e. The Hall–Kier alpha value is -1.39. The highest BCUT2D eigenvalue weighted by Gasteiger charge is 2.38. The summed E-state index contributed by atoms with van der Waals surface area (Å²) in [7, 11) is 0. The molecule has 2 fully saturated rings. The molecule has 3 unspecified atom stereocenters. The molecule has 1 aliphatic heterocycles. The van der Waals surface area contributed by atoms with Gasteiger partial charge in [0.1, 0.15) is 0 Å². The van der Waals surface area contributed by atoms with E-state index in [0.29, 0.717) is 30.3 Å². The molecule has 3 rings (SSSR count). The van der Waals surface area contributed by atoms with E-state index in [1.807, 2.05) is 12.1 Å². The van der Waals surface area contributed by atoms with Crippen molar-refractivity contribution in [1.82, 2.24) is 4.90 Å². The fraction of sp³-hybridized carbons (Fsp3) is 0.632. The molecular formula is C19H29N3O. The Morgan fingerprint density at radius 2 is 2.00 bits per heavy atom. The standard InChI is InChI=1S/C19H29N3O/c1-13(2)14-6-8-16(9-7-14)21-19(23)12-22-10-15-4-3-5-18(20)17(15)11-22/h6-9,13,15,17-18H,3-5,10-12,20H2,1-2H3,(H,21,23). The minimum Gasteiger partial charge on any atom is -0.327 e. The number of likely N-dealkylation sites (tertiary alicyclic amines) is 1. The molecule has 4 nitrogen and oxygen atoms in total. The zero-order valence-corrected chi connectivity index (χ0v) is 14.3. The van der Waals surface area contributed by atoms with Gasteiger partial charge in [-0.15, -0.1) is 0 Å². The van der Waals surface area contributed by atoms with Crippen LogP contribution in [0, 0.1) is 11.8 Å². The minimum absolute atomic E-state index is 0.0783. The number of nitrogens with zero attached hydrogens (tertiary/aromatic N) is 1. The summed E-state index contributed by atoms with van der Waals surface area (Å²) < 4.78 is 0. The third-order valence-electron chi connectivity index (χ3n) is 5.46. The van der Waals surface area contributed by atoms with Crippen molar-refractivity contribution in [1.29, 1.82) is 0 Å². The predicted molar refractivity (Wildman–Crippen MR) is 94.4 cm³/mol. The first kappa shape index (κ1) is 16.5. The SMILES string of the molecule is CC(C)c1ccc(NC(=O)CN2CC3CCCC(N)C3C2)cc1. The molecule has 1 saturated heterocycles. The third-order valence-corrected chi connectivity index (χ3v) is 5.46. The molecule has 0 aromatic heterocycles. The molecule has 1 saturated carbocycles. The van der Waals surface area contributed by atoms with Crippen molar-refractivity contribution in [2.45, 2.75) is 45.1 Å². The summed E-state index contributed by atoms with van der Waals surface area (Å²) >= 11 is 0. The molecule has 126 valence electrons. The molecule has 0 radical (unpaired) electrons. The molecule has 1 amide bonds. The zero-order valence-electron chi connectivity index (χ0n) is 14.3. The average molecular weight is 315 g/mol. The van der Waals surface area contributed by atoms with Gasteiger partial charge in [0.05, 0.1) is 6.54 Å². The number of carbonyl (C=O) groups excluding carboxylic acids is 1. The van der Waals surface area contributed by atoms with E-state index in [2.05, 4.69) is 36.2 Å². The Labute approximate surface area is 139 Å². The molecule has 1 heterocycles. The number of hydrogen-bond donors (Lipinski definition) is 2. The number of anilines is 1. The van der Waals surface area contributed by atoms with Crippen molar-refractivity contribution in [3.8, 4) is 0 Å². The second kappa shape index (κ2) is 7.02. The maximum Gasteiger partial charge on any atom is 0.238 e. The molecule has 4 heteroatoms. The fourth-order valence-electron chi connectivity index (χ4n) is 4.09. The van der Waals surface area contributed by atoms with Gasteiger partial charge in [0.25, 0.3) is 0 Å². The molecule has 3 N–H and O–H groups in total. The Morgan fingerprint density at radius 3 is 2.65 bits per heavy atom. The lowest BCUT2D eigenvalue weighted by atomic mass is 9.78. The highest BCUT2D eigenvalue weighted by atomic mass is 16.2. The van der Waals surface area contributed by atoms with Crippen LogP contribution in [-0.4, -0.2) is 36.5 Å². The van der Waals surface area contributed by atoms with Crippen molar-refractivity contribution < 1.29 is 4.79 Å². The molecule has 2 aliphatic rings. The molecule has 0 spiro atoms. The number of hydrogen-bond acceptors (Lipinski definition) is 3. The van der Waals surface area contributed by atoms with Crippen LogP contribution in [0.3, 0.4) is 0 Å². The Bertz CT molecular complexity index is 540. The maximum absolute atomic E-state index is 12.3. The Kier molecular flexibility index (Phi) is 5.02. The van der Waals surface area contributed by atoms with Crippen LogP contribution in [-0.2, 0) is 4.79 Å². The van der Waals surface area contributed by atoms with Gasteiger partial charge in [-0.05, 0) is 48.3 Å². The van der Waals surface area contributed by atoms with Crippen LogP contribution < -0.4 is 11.1 Å². The molecule has 23 heavy (non-hydrogen) atoms. The van der Waals surface area contributed by atoms with Gasteiger partial charge < -0.3 is 11.1 Å². The Balaban J connectivity index is 1.51. The third kappa shape index (κ3) is 3.93. The van der Waals surface area contributed by atoms with E-state index in [1.54, 1.807) is 0 Å². The lowest BCUT2D eigenvalue weighted by Crippen LogP contribution is -2.38. The molecule has 0 bridgehead atoms. The summed E-state index contributed by atoms with van der Waals surface area (Å²) in [5, 5.41) is 3.02. The first-order valence-corrected chi connectivity index (χ1v) is 8.90. The van der Waals surface area contributed by atoms with Crippen molar-refractivity contribution in [3.05, 3.63) is 29.8 Å². The van der Waals surface area contributed by atoms with E-state index < -0.39 is 0 Å². The summed E-state index contributed by atoms with van der Waals surface area (Å²) in [5.41, 5.74) is 8.42. The quantitative estimate of drug-likeness (QED) is 0.898. The molecule has 1 aromatic rings. The van der Waals surface area contributed by atoms with Crippen molar-refractivity contribution >= 4 is 11.6 Å². The molecule has 1 aliphatic carbocycles. The van der Waals surface area contributed by atoms with Gasteiger partial charge in [-0.25, -0.2) is 0 Å². The second-order valence-electron chi connectivity index (χ2n) is 7.54. The zero-order chi connectivity index (χ0) is 16.4. The lowest BCUT2D eigenvalue weighted by Gasteiger charge is -2.29. The van der Waals surface area contributed by atoms with Crippen LogP contribution in [0.2, 0.25) is 0 Å². The number of fused-ring (bicyclic) bond motifs is 1. The number of benzene rings is 1. The van der Waals surface area contributed by atoms with Crippen LogP contribution in [0.15, 0.2) is 24.3 Å². The lowest BCUT2D eigenvalue weighted by molar-refractivity contribution is -0.117. The van der Waals surface area contributed by atoms with Gasteiger partial charge in [0.15, 0.2) is 0 Å². The highest BCUT2D eigenvalue weighted by Crippen LogP contribution is 2.35. The monoisotopic (exact) mass is 315 g/mol. The van der Waals surface area contributed by atoms with E-state index >= 15 is 0 Å². The predicted octanol–water partition coefficient (Wildman–Crippen LogP) is 2.81. The first-order chi connectivity index (χ1) is 11.0. The number of amides is 1. The van der Waals surface area contributed by atoms with Crippen molar-refractivity contribution in [2.75, 3.05) is 25.0 Å². The van der Waals surface area contributed by atoms with Crippen LogP contribution in [0.5, 0.6) is 0 Å². The average Bonchev–Trinajstić information content (AvgIpc) is 2.91. The van der Waals surface area contributed by atoms with Gasteiger partial charge >= 0.3 is 0 Å². The Morgan fingerprint density at radius 1 is 1.26 bits per heavy atom. The summed E-state index contributed by atoms with van der Waals surface area (Å²) in [4.78, 5) is 14.6. The maximum atomic E-state index is 12.3. The van der Waals surface area contributed by atoms with Crippen LogP contribution in [0.4, 0.5) is 5.69 Å². The number of nitrogens with two attached hydrogens (primary N) is 1. The number of rotatable bonds is 4. The molecule has 1 aromatic carbocycles. The summed E-state index contributed by atoms with van der Waals surface area (Å²) in [6, 6.07) is 8.48. The fourth-order valence-corrected chi connectivity index (χ4v) is 4.09. The minimum atomic E-state index is 0.0783. The van der Waals surface area contributed by atoms with E-state index in [1.165, 1.54) is 18.4 Å². The van der Waals surface area contributed by atoms with Gasteiger partial charge in [-0.2, -0.15) is 0 Å². The van der Waals surface area contributed by atoms with Crippen LogP contribution in [0.1, 0.15) is 44.6 Å². The normalized spacial score (nSPS) is 27.9. The van der Waals surface area contributed by atoms with Crippen molar-refractivity contribution in [2.24, 2.45) is 17.6 Å². The van der Waals surface area contributed by atoms with Gasteiger partial charge in [-0.1, -0.05) is 32.4 Å². The smallest absolute Gasteiger partial charge is 0.238 e. The highest BCUT2D eigenvalue weighted by molar-refractivity contribution is 5.92. The number of carbonyl (C=O) groups is 1. The molecule has 3 atom stereocenters.